The van der Waals surface area contributed by atoms with Gasteiger partial charge >= 0.3 is 12.1 Å². The summed E-state index contributed by atoms with van der Waals surface area (Å²) in [5.74, 6) is -0.587. The third kappa shape index (κ3) is 5.62. The molecule has 166 valence electrons. The molecular weight excluding hydrogens is 409 g/mol. The Kier molecular flexibility index (Phi) is 6.97. The van der Waals surface area contributed by atoms with Crippen LogP contribution in [0.3, 0.4) is 0 Å². The highest BCUT2D eigenvalue weighted by atomic mass is 19.4. The monoisotopic (exact) mass is 434 g/mol. The van der Waals surface area contributed by atoms with Crippen molar-refractivity contribution in [1.82, 2.24) is 4.98 Å². The number of nitrogens with zero attached hydrogens (tertiary/aromatic N) is 2. The van der Waals surface area contributed by atoms with Crippen molar-refractivity contribution in [3.8, 4) is 0 Å². The number of rotatable bonds is 6. The predicted molar refractivity (Wildman–Crippen MR) is 110 cm³/mol. The smallest absolute Gasteiger partial charge is 0.417 e. The number of piperidine rings is 1. The lowest BCUT2D eigenvalue weighted by Crippen LogP contribution is -2.38. The number of hydrogen-bond donors (Lipinski definition) is 0. The number of carbonyl (C=O) groups is 2. The topological polar surface area (TPSA) is 59.5 Å². The second kappa shape index (κ2) is 9.49. The minimum atomic E-state index is -4.42. The lowest BCUT2D eigenvalue weighted by molar-refractivity contribution is -0.152. The molecule has 5 nitrogen and oxygen atoms in total. The number of ether oxygens (including phenoxy) is 1. The molecule has 1 saturated heterocycles. The fourth-order valence-electron chi connectivity index (χ4n) is 3.55. The van der Waals surface area contributed by atoms with Crippen molar-refractivity contribution in [3.63, 3.8) is 0 Å². The summed E-state index contributed by atoms with van der Waals surface area (Å²) in [5.41, 5.74) is 0.828. The zero-order chi connectivity index (χ0) is 22.6. The first-order valence-corrected chi connectivity index (χ1v) is 10.3. The first-order chi connectivity index (χ1) is 14.7. The molecule has 1 atom stereocenters. The van der Waals surface area contributed by atoms with Gasteiger partial charge in [0.2, 0.25) is 5.78 Å². The summed E-state index contributed by atoms with van der Waals surface area (Å²) in [7, 11) is 0. The fourth-order valence-corrected chi connectivity index (χ4v) is 3.55. The standard InChI is InChI=1S/C23H25F3N2O3/c1-3-16-4-6-17(7-5-16)21(29)15(2)31-22(30)18-10-12-28(13-11-18)20-9-8-19(14-27-20)23(24,25)26/h4-9,14-15,18H,3,10-13H2,1-2H3/t15-/m1/s1. The molecule has 2 heterocycles. The van der Waals surface area contributed by atoms with Gasteiger partial charge in [-0.25, -0.2) is 4.98 Å². The molecule has 1 aromatic heterocycles. The third-order valence-electron chi connectivity index (χ3n) is 5.54. The van der Waals surface area contributed by atoms with Crippen LogP contribution in [0.5, 0.6) is 0 Å². The number of carbonyl (C=O) groups excluding carboxylic acids is 2. The maximum Gasteiger partial charge on any atom is 0.417 e. The van der Waals surface area contributed by atoms with Crippen LogP contribution in [-0.4, -0.2) is 35.9 Å². The fraction of sp³-hybridized carbons (Fsp3) is 0.435. The number of alkyl halides is 3. The molecule has 0 unspecified atom stereocenters. The van der Waals surface area contributed by atoms with Crippen LogP contribution in [-0.2, 0) is 22.1 Å². The minimum absolute atomic E-state index is 0.248. The summed E-state index contributed by atoms with van der Waals surface area (Å²) < 4.78 is 43.4. The summed E-state index contributed by atoms with van der Waals surface area (Å²) >= 11 is 0. The van der Waals surface area contributed by atoms with Gasteiger partial charge in [-0.1, -0.05) is 31.2 Å². The van der Waals surface area contributed by atoms with Crippen molar-refractivity contribution in [1.29, 1.82) is 0 Å². The lowest BCUT2D eigenvalue weighted by Gasteiger charge is -2.32. The summed E-state index contributed by atoms with van der Waals surface area (Å²) in [6.07, 6.45) is -2.65. The van der Waals surface area contributed by atoms with E-state index < -0.39 is 23.8 Å². The highest BCUT2D eigenvalue weighted by Gasteiger charge is 2.32. The van der Waals surface area contributed by atoms with Gasteiger partial charge in [0.1, 0.15) is 5.82 Å². The molecule has 0 aliphatic carbocycles. The Morgan fingerprint density at radius 3 is 2.29 bits per heavy atom. The Labute approximate surface area is 179 Å². The van der Waals surface area contributed by atoms with E-state index in [-0.39, 0.29) is 11.7 Å². The van der Waals surface area contributed by atoms with Crippen LogP contribution in [0.15, 0.2) is 42.6 Å². The summed E-state index contributed by atoms with van der Waals surface area (Å²) in [4.78, 5) is 30.8. The number of anilines is 1. The van der Waals surface area contributed by atoms with Crippen molar-refractivity contribution < 1.29 is 27.5 Å². The highest BCUT2D eigenvalue weighted by Crippen LogP contribution is 2.30. The number of aromatic nitrogens is 1. The average molecular weight is 434 g/mol. The second-order valence-electron chi connectivity index (χ2n) is 7.66. The summed E-state index contributed by atoms with van der Waals surface area (Å²) in [6.45, 7) is 4.53. The third-order valence-corrected chi connectivity index (χ3v) is 5.54. The molecule has 0 bridgehead atoms. The molecule has 0 saturated carbocycles. The number of Topliss-reactive ketones (excluding diaryl/α,β-unsaturated/α-hetero) is 1. The van der Waals surface area contributed by atoms with Gasteiger partial charge in [0.15, 0.2) is 6.10 Å². The quantitative estimate of drug-likeness (QED) is 0.488. The van der Waals surface area contributed by atoms with E-state index in [1.54, 1.807) is 19.1 Å². The largest absolute Gasteiger partial charge is 0.454 e. The number of pyridine rings is 1. The number of esters is 1. The Bertz CT molecular complexity index is 903. The molecule has 0 N–H and O–H groups in total. The van der Waals surface area contributed by atoms with Gasteiger partial charge in [0.25, 0.3) is 0 Å². The Hall–Kier alpha value is -2.90. The SMILES string of the molecule is CCc1ccc(C(=O)[C@@H](C)OC(=O)C2CCN(c3ccc(C(F)(F)F)cn3)CC2)cc1. The average Bonchev–Trinajstić information content (AvgIpc) is 2.78. The van der Waals surface area contributed by atoms with Crippen molar-refractivity contribution in [3.05, 3.63) is 59.3 Å². The molecule has 0 spiro atoms. The summed E-state index contributed by atoms with van der Waals surface area (Å²) in [6, 6.07) is 9.58. The number of hydrogen-bond acceptors (Lipinski definition) is 5. The maximum absolute atomic E-state index is 12.7. The van der Waals surface area contributed by atoms with E-state index >= 15 is 0 Å². The van der Waals surface area contributed by atoms with E-state index in [4.69, 9.17) is 4.74 Å². The first kappa shape index (κ1) is 22.8. The number of halogens is 3. The highest BCUT2D eigenvalue weighted by molar-refractivity contribution is 6.00. The molecule has 1 fully saturated rings. The molecule has 31 heavy (non-hydrogen) atoms. The number of aryl methyl sites for hydroxylation is 1. The van der Waals surface area contributed by atoms with E-state index in [2.05, 4.69) is 4.98 Å². The minimum Gasteiger partial charge on any atom is -0.454 e. The molecule has 0 radical (unpaired) electrons. The Balaban J connectivity index is 1.52. The Morgan fingerprint density at radius 1 is 1.13 bits per heavy atom. The predicted octanol–water partition coefficient (Wildman–Crippen LogP) is 4.69. The first-order valence-electron chi connectivity index (χ1n) is 10.3. The van der Waals surface area contributed by atoms with Gasteiger partial charge in [-0.2, -0.15) is 13.2 Å². The van der Waals surface area contributed by atoms with E-state index in [1.165, 1.54) is 6.07 Å². The van der Waals surface area contributed by atoms with Gasteiger partial charge in [0, 0.05) is 24.8 Å². The molecule has 3 rings (SSSR count). The molecule has 1 aromatic carbocycles. The molecular formula is C23H25F3N2O3. The van der Waals surface area contributed by atoms with Crippen LogP contribution >= 0.6 is 0 Å². The van der Waals surface area contributed by atoms with Crippen molar-refractivity contribution >= 4 is 17.6 Å². The van der Waals surface area contributed by atoms with Crippen LogP contribution in [0.1, 0.15) is 48.2 Å². The normalized spacial score (nSPS) is 16.1. The van der Waals surface area contributed by atoms with Gasteiger partial charge in [-0.3, -0.25) is 9.59 Å². The summed E-state index contributed by atoms with van der Waals surface area (Å²) in [5, 5.41) is 0. The maximum atomic E-state index is 12.7. The van der Waals surface area contributed by atoms with Crippen LogP contribution in [0, 0.1) is 5.92 Å². The van der Waals surface area contributed by atoms with E-state index in [0.717, 1.165) is 24.2 Å². The zero-order valence-corrected chi connectivity index (χ0v) is 17.5. The molecule has 0 amide bonds. The van der Waals surface area contributed by atoms with E-state index in [0.29, 0.717) is 37.3 Å². The van der Waals surface area contributed by atoms with E-state index in [9.17, 15) is 22.8 Å². The zero-order valence-electron chi connectivity index (χ0n) is 17.5. The van der Waals surface area contributed by atoms with Gasteiger partial charge in [-0.05, 0) is 43.9 Å². The van der Waals surface area contributed by atoms with Crippen LogP contribution in [0.4, 0.5) is 19.0 Å². The van der Waals surface area contributed by atoms with Crippen molar-refractivity contribution in [2.24, 2.45) is 5.92 Å². The second-order valence-corrected chi connectivity index (χ2v) is 7.66. The van der Waals surface area contributed by atoms with Gasteiger partial charge in [-0.15, -0.1) is 0 Å². The van der Waals surface area contributed by atoms with Crippen molar-refractivity contribution in [2.75, 3.05) is 18.0 Å². The molecule has 8 heteroatoms. The van der Waals surface area contributed by atoms with Crippen LogP contribution in [0.2, 0.25) is 0 Å². The Morgan fingerprint density at radius 2 is 1.77 bits per heavy atom. The molecule has 1 aliphatic heterocycles. The molecule has 1 aliphatic rings. The van der Waals surface area contributed by atoms with Crippen LogP contribution < -0.4 is 4.90 Å². The van der Waals surface area contributed by atoms with Crippen LogP contribution in [0.25, 0.3) is 0 Å². The number of ketones is 1. The van der Waals surface area contributed by atoms with E-state index in [1.807, 2.05) is 24.0 Å². The van der Waals surface area contributed by atoms with Gasteiger partial charge < -0.3 is 9.64 Å². The number of benzene rings is 1. The lowest BCUT2D eigenvalue weighted by atomic mass is 9.96. The molecule has 2 aromatic rings. The van der Waals surface area contributed by atoms with Crippen molar-refractivity contribution in [2.45, 2.75) is 45.4 Å². The van der Waals surface area contributed by atoms with Gasteiger partial charge in [0.05, 0.1) is 11.5 Å².